The van der Waals surface area contributed by atoms with E-state index in [2.05, 4.69) is 35.9 Å². The van der Waals surface area contributed by atoms with Gasteiger partial charge in [-0.05, 0) is 30.5 Å². The number of hydrogen-bond acceptors (Lipinski definition) is 3. The molecule has 0 saturated carbocycles. The molecule has 0 amide bonds. The van der Waals surface area contributed by atoms with Gasteiger partial charge in [0.1, 0.15) is 11.0 Å². The van der Waals surface area contributed by atoms with E-state index in [0.29, 0.717) is 11.1 Å². The van der Waals surface area contributed by atoms with E-state index in [1.807, 2.05) is 24.3 Å². The van der Waals surface area contributed by atoms with Gasteiger partial charge < -0.3 is 0 Å². The van der Waals surface area contributed by atoms with E-state index in [0.717, 1.165) is 23.7 Å². The minimum Gasteiger partial charge on any atom is -0.237 e. The van der Waals surface area contributed by atoms with Crippen LogP contribution >= 0.6 is 23.4 Å². The Hall–Kier alpha value is -1.06. The minimum atomic E-state index is 0.536. The SMILES string of the molecule is CC(C)Cc1cc(Cl)nc(CSc2ccccc2)n1. The van der Waals surface area contributed by atoms with Crippen molar-refractivity contribution in [3.63, 3.8) is 0 Å². The van der Waals surface area contributed by atoms with Crippen molar-refractivity contribution in [2.75, 3.05) is 0 Å². The summed E-state index contributed by atoms with van der Waals surface area (Å²) in [6, 6.07) is 12.1. The van der Waals surface area contributed by atoms with Crippen molar-refractivity contribution in [3.05, 3.63) is 53.1 Å². The van der Waals surface area contributed by atoms with Crippen LogP contribution in [-0.2, 0) is 12.2 Å². The standard InChI is InChI=1S/C15H17ClN2S/c1-11(2)8-12-9-14(16)18-15(17-12)10-19-13-6-4-3-5-7-13/h3-7,9,11H,8,10H2,1-2H3. The molecule has 0 aliphatic heterocycles. The first-order valence-electron chi connectivity index (χ1n) is 6.33. The number of nitrogens with zero attached hydrogens (tertiary/aromatic N) is 2. The lowest BCUT2D eigenvalue weighted by molar-refractivity contribution is 0.632. The third-order valence-electron chi connectivity index (χ3n) is 2.52. The lowest BCUT2D eigenvalue weighted by atomic mass is 10.1. The maximum atomic E-state index is 6.05. The molecule has 0 fully saturated rings. The molecule has 0 atom stereocenters. The number of halogens is 1. The van der Waals surface area contributed by atoms with Crippen LogP contribution in [0.3, 0.4) is 0 Å². The lowest BCUT2D eigenvalue weighted by Crippen LogP contribution is -2.02. The van der Waals surface area contributed by atoms with Gasteiger partial charge in [0.25, 0.3) is 0 Å². The molecule has 0 aliphatic rings. The summed E-state index contributed by atoms with van der Waals surface area (Å²) in [5, 5.41) is 0.536. The third kappa shape index (κ3) is 4.84. The molecule has 2 rings (SSSR count). The first kappa shape index (κ1) is 14.4. The molecule has 0 N–H and O–H groups in total. The fourth-order valence-electron chi connectivity index (χ4n) is 1.77. The van der Waals surface area contributed by atoms with Crippen LogP contribution in [0.15, 0.2) is 41.3 Å². The first-order valence-corrected chi connectivity index (χ1v) is 7.70. The van der Waals surface area contributed by atoms with E-state index in [1.165, 1.54) is 4.90 Å². The molecule has 0 spiro atoms. The number of rotatable bonds is 5. The van der Waals surface area contributed by atoms with Gasteiger partial charge in [0.05, 0.1) is 5.75 Å². The van der Waals surface area contributed by atoms with Gasteiger partial charge in [-0.1, -0.05) is 43.6 Å². The van der Waals surface area contributed by atoms with E-state index in [-0.39, 0.29) is 0 Å². The van der Waals surface area contributed by atoms with Crippen molar-refractivity contribution in [2.45, 2.75) is 30.9 Å². The zero-order valence-corrected chi connectivity index (χ0v) is 12.7. The quantitative estimate of drug-likeness (QED) is 0.594. The summed E-state index contributed by atoms with van der Waals surface area (Å²) in [4.78, 5) is 10.1. The van der Waals surface area contributed by atoms with Crippen LogP contribution in [0.25, 0.3) is 0 Å². The molecule has 19 heavy (non-hydrogen) atoms. The second-order valence-corrected chi connectivity index (χ2v) is 6.23. The Morgan fingerprint density at radius 1 is 1.16 bits per heavy atom. The zero-order chi connectivity index (χ0) is 13.7. The molecule has 100 valence electrons. The highest BCUT2D eigenvalue weighted by Crippen LogP contribution is 2.22. The number of thioether (sulfide) groups is 1. The molecule has 0 aliphatic carbocycles. The predicted molar refractivity (Wildman–Crippen MR) is 81.6 cm³/mol. The van der Waals surface area contributed by atoms with Crippen LogP contribution in [0.1, 0.15) is 25.4 Å². The van der Waals surface area contributed by atoms with Crippen molar-refractivity contribution in [1.82, 2.24) is 9.97 Å². The summed E-state index contributed by atoms with van der Waals surface area (Å²) in [6.45, 7) is 4.35. The topological polar surface area (TPSA) is 25.8 Å². The van der Waals surface area contributed by atoms with E-state index >= 15 is 0 Å². The highest BCUT2D eigenvalue weighted by atomic mass is 35.5. The van der Waals surface area contributed by atoms with Crippen LogP contribution in [0, 0.1) is 5.92 Å². The molecule has 0 bridgehead atoms. The Bertz CT molecular complexity index is 529. The molecule has 4 heteroatoms. The molecular weight excluding hydrogens is 276 g/mol. The second kappa shape index (κ2) is 6.92. The summed E-state index contributed by atoms with van der Waals surface area (Å²) in [7, 11) is 0. The average molecular weight is 293 g/mol. The number of benzene rings is 1. The Morgan fingerprint density at radius 3 is 2.58 bits per heavy atom. The van der Waals surface area contributed by atoms with E-state index in [4.69, 9.17) is 11.6 Å². The van der Waals surface area contributed by atoms with Crippen LogP contribution in [0.2, 0.25) is 5.15 Å². The van der Waals surface area contributed by atoms with E-state index in [9.17, 15) is 0 Å². The summed E-state index contributed by atoms with van der Waals surface area (Å²) in [6.07, 6.45) is 0.936. The fraction of sp³-hybridized carbons (Fsp3) is 0.333. The average Bonchev–Trinajstić information content (AvgIpc) is 2.36. The Balaban J connectivity index is 2.05. The molecule has 0 saturated heterocycles. The van der Waals surface area contributed by atoms with Crippen molar-refractivity contribution in [3.8, 4) is 0 Å². The van der Waals surface area contributed by atoms with Crippen LogP contribution in [0.4, 0.5) is 0 Å². The minimum absolute atomic E-state index is 0.536. The monoisotopic (exact) mass is 292 g/mol. The molecular formula is C15H17ClN2S. The smallest absolute Gasteiger partial charge is 0.140 e. The van der Waals surface area contributed by atoms with Gasteiger partial charge >= 0.3 is 0 Å². The molecule has 0 radical (unpaired) electrons. The van der Waals surface area contributed by atoms with Crippen molar-refractivity contribution < 1.29 is 0 Å². The van der Waals surface area contributed by atoms with Gasteiger partial charge in [-0.3, -0.25) is 0 Å². The Labute approximate surface area is 123 Å². The summed E-state index contributed by atoms with van der Waals surface area (Å²) >= 11 is 7.78. The summed E-state index contributed by atoms with van der Waals surface area (Å²) in [5.74, 6) is 2.12. The summed E-state index contributed by atoms with van der Waals surface area (Å²) in [5.41, 5.74) is 1.03. The molecule has 2 aromatic rings. The lowest BCUT2D eigenvalue weighted by Gasteiger charge is -2.07. The maximum absolute atomic E-state index is 6.05. The highest BCUT2D eigenvalue weighted by Gasteiger charge is 2.06. The molecule has 0 unspecified atom stereocenters. The third-order valence-corrected chi connectivity index (χ3v) is 3.72. The highest BCUT2D eigenvalue weighted by molar-refractivity contribution is 7.98. The van der Waals surface area contributed by atoms with E-state index < -0.39 is 0 Å². The normalized spacial score (nSPS) is 10.9. The Kier molecular flexibility index (Phi) is 5.23. The van der Waals surface area contributed by atoms with Gasteiger partial charge in [0.2, 0.25) is 0 Å². The van der Waals surface area contributed by atoms with Gasteiger partial charge in [-0.2, -0.15) is 0 Å². The van der Waals surface area contributed by atoms with Crippen molar-refractivity contribution in [1.29, 1.82) is 0 Å². The second-order valence-electron chi connectivity index (χ2n) is 4.80. The van der Waals surface area contributed by atoms with Gasteiger partial charge in [-0.25, -0.2) is 9.97 Å². The molecule has 1 heterocycles. The number of aromatic nitrogens is 2. The fourth-order valence-corrected chi connectivity index (χ4v) is 2.77. The van der Waals surface area contributed by atoms with Gasteiger partial charge in [-0.15, -0.1) is 11.8 Å². The largest absolute Gasteiger partial charge is 0.237 e. The Morgan fingerprint density at radius 2 is 1.89 bits per heavy atom. The molecule has 1 aromatic heterocycles. The zero-order valence-electron chi connectivity index (χ0n) is 11.1. The van der Waals surface area contributed by atoms with Crippen LogP contribution in [0.5, 0.6) is 0 Å². The molecule has 2 nitrogen and oxygen atoms in total. The number of hydrogen-bond donors (Lipinski definition) is 0. The predicted octanol–water partition coefficient (Wildman–Crippen LogP) is 4.62. The van der Waals surface area contributed by atoms with Crippen LogP contribution in [-0.4, -0.2) is 9.97 Å². The molecule has 1 aromatic carbocycles. The maximum Gasteiger partial charge on any atom is 0.140 e. The van der Waals surface area contributed by atoms with Crippen molar-refractivity contribution >= 4 is 23.4 Å². The van der Waals surface area contributed by atoms with Crippen LogP contribution < -0.4 is 0 Å². The van der Waals surface area contributed by atoms with Crippen molar-refractivity contribution in [2.24, 2.45) is 5.92 Å². The van der Waals surface area contributed by atoms with Gasteiger partial charge in [0, 0.05) is 10.6 Å². The summed E-state index contributed by atoms with van der Waals surface area (Å²) < 4.78 is 0. The van der Waals surface area contributed by atoms with E-state index in [1.54, 1.807) is 11.8 Å². The first-order chi connectivity index (χ1) is 9.13. The van der Waals surface area contributed by atoms with Gasteiger partial charge in [0.15, 0.2) is 0 Å².